The van der Waals surface area contributed by atoms with Gasteiger partial charge in [-0.2, -0.15) is 0 Å². The lowest BCUT2D eigenvalue weighted by Crippen LogP contribution is -2.48. The topological polar surface area (TPSA) is 50.8 Å². The molecule has 2 heterocycles. The maximum Gasteiger partial charge on any atom is 0.234 e. The van der Waals surface area contributed by atoms with Crippen LogP contribution in [0.25, 0.3) is 0 Å². The number of nitrogens with one attached hydrogen (secondary N) is 1. The molecular formula is C18H26N2O3. The fraction of sp³-hybridized carbons (Fsp3) is 0.611. The van der Waals surface area contributed by atoms with Crippen LogP contribution in [0.4, 0.5) is 0 Å². The van der Waals surface area contributed by atoms with Gasteiger partial charge in [0.1, 0.15) is 0 Å². The summed E-state index contributed by atoms with van der Waals surface area (Å²) >= 11 is 0. The summed E-state index contributed by atoms with van der Waals surface area (Å²) in [5, 5.41) is 3.02. The average molecular weight is 318 g/mol. The van der Waals surface area contributed by atoms with Crippen LogP contribution in [0.2, 0.25) is 0 Å². The van der Waals surface area contributed by atoms with Crippen molar-refractivity contribution in [2.75, 3.05) is 39.4 Å². The molecule has 2 aliphatic rings. The Morgan fingerprint density at radius 1 is 1.13 bits per heavy atom. The minimum Gasteiger partial charge on any atom is -0.355 e. The van der Waals surface area contributed by atoms with Gasteiger partial charge in [0.25, 0.3) is 0 Å². The van der Waals surface area contributed by atoms with Gasteiger partial charge >= 0.3 is 0 Å². The molecule has 2 fully saturated rings. The van der Waals surface area contributed by atoms with Crippen molar-refractivity contribution in [2.45, 2.75) is 31.5 Å². The maximum atomic E-state index is 12.0. The van der Waals surface area contributed by atoms with Crippen molar-refractivity contribution in [3.63, 3.8) is 0 Å². The highest BCUT2D eigenvalue weighted by molar-refractivity contribution is 5.77. The second-order valence-corrected chi connectivity index (χ2v) is 6.32. The molecule has 5 nitrogen and oxygen atoms in total. The van der Waals surface area contributed by atoms with Crippen LogP contribution in [0.5, 0.6) is 0 Å². The van der Waals surface area contributed by atoms with E-state index in [0.717, 1.165) is 45.3 Å². The Hall–Kier alpha value is -1.43. The molecule has 0 aliphatic carbocycles. The monoisotopic (exact) mass is 318 g/mol. The van der Waals surface area contributed by atoms with E-state index in [9.17, 15) is 4.79 Å². The number of carbonyl (C=O) groups is 1. The number of hydrogen-bond donors (Lipinski definition) is 1. The van der Waals surface area contributed by atoms with E-state index in [1.165, 1.54) is 5.56 Å². The fourth-order valence-corrected chi connectivity index (χ4v) is 3.26. The van der Waals surface area contributed by atoms with Gasteiger partial charge in [0.05, 0.1) is 19.8 Å². The normalized spacial score (nSPS) is 20.7. The Kier molecular flexibility index (Phi) is 5.65. The van der Waals surface area contributed by atoms with Crippen molar-refractivity contribution in [3.8, 4) is 0 Å². The van der Waals surface area contributed by atoms with Crippen molar-refractivity contribution in [1.29, 1.82) is 0 Å². The Morgan fingerprint density at radius 2 is 1.83 bits per heavy atom. The molecule has 0 aromatic heterocycles. The zero-order valence-electron chi connectivity index (χ0n) is 13.6. The van der Waals surface area contributed by atoms with Gasteiger partial charge in [-0.05, 0) is 18.4 Å². The summed E-state index contributed by atoms with van der Waals surface area (Å²) in [5.41, 5.74) is 1.32. The van der Waals surface area contributed by atoms with Gasteiger partial charge in [0.15, 0.2) is 5.79 Å². The van der Waals surface area contributed by atoms with E-state index in [-0.39, 0.29) is 11.7 Å². The lowest BCUT2D eigenvalue weighted by molar-refractivity contribution is -0.185. The van der Waals surface area contributed by atoms with Gasteiger partial charge in [-0.25, -0.2) is 0 Å². The molecular weight excluding hydrogens is 292 g/mol. The third-order valence-electron chi connectivity index (χ3n) is 4.61. The summed E-state index contributed by atoms with van der Waals surface area (Å²) in [4.78, 5) is 14.2. The molecule has 1 amide bonds. The van der Waals surface area contributed by atoms with Crippen molar-refractivity contribution in [3.05, 3.63) is 35.9 Å². The van der Waals surface area contributed by atoms with Gasteiger partial charge in [0, 0.05) is 32.5 Å². The van der Waals surface area contributed by atoms with Crippen molar-refractivity contribution < 1.29 is 14.3 Å². The van der Waals surface area contributed by atoms with Crippen LogP contribution in [0, 0.1) is 0 Å². The number of ether oxygens (including phenoxy) is 2. The van der Waals surface area contributed by atoms with Crippen LogP contribution in [-0.2, 0) is 20.7 Å². The number of aryl methyl sites for hydroxylation is 1. The number of rotatable bonds is 6. The molecule has 1 spiro atoms. The minimum absolute atomic E-state index is 0.113. The zero-order valence-corrected chi connectivity index (χ0v) is 13.6. The molecule has 126 valence electrons. The smallest absolute Gasteiger partial charge is 0.234 e. The molecule has 0 bridgehead atoms. The van der Waals surface area contributed by atoms with Crippen LogP contribution in [-0.4, -0.2) is 56.0 Å². The van der Waals surface area contributed by atoms with E-state index in [0.29, 0.717) is 19.8 Å². The molecule has 0 saturated carbocycles. The van der Waals surface area contributed by atoms with Crippen molar-refractivity contribution >= 4 is 5.91 Å². The summed E-state index contributed by atoms with van der Waals surface area (Å²) in [6, 6.07) is 10.4. The first kappa shape index (κ1) is 16.4. The summed E-state index contributed by atoms with van der Waals surface area (Å²) in [5.74, 6) is -0.245. The number of benzene rings is 1. The number of amides is 1. The van der Waals surface area contributed by atoms with Gasteiger partial charge in [-0.3, -0.25) is 9.69 Å². The Morgan fingerprint density at radius 3 is 2.52 bits per heavy atom. The van der Waals surface area contributed by atoms with Gasteiger partial charge in [0.2, 0.25) is 5.91 Å². The molecule has 2 saturated heterocycles. The van der Waals surface area contributed by atoms with Crippen molar-refractivity contribution in [1.82, 2.24) is 10.2 Å². The van der Waals surface area contributed by atoms with Gasteiger partial charge in [-0.15, -0.1) is 0 Å². The highest BCUT2D eigenvalue weighted by Crippen LogP contribution is 2.30. The van der Waals surface area contributed by atoms with E-state index < -0.39 is 0 Å². The van der Waals surface area contributed by atoms with E-state index in [2.05, 4.69) is 34.5 Å². The summed E-state index contributed by atoms with van der Waals surface area (Å²) in [6.07, 6.45) is 3.69. The van der Waals surface area contributed by atoms with E-state index in [4.69, 9.17) is 9.47 Å². The quantitative estimate of drug-likeness (QED) is 0.809. The molecule has 5 heteroatoms. The largest absolute Gasteiger partial charge is 0.355 e. The first-order chi connectivity index (χ1) is 11.3. The lowest BCUT2D eigenvalue weighted by atomic mass is 10.0. The summed E-state index contributed by atoms with van der Waals surface area (Å²) in [7, 11) is 0. The van der Waals surface area contributed by atoms with E-state index in [1.807, 2.05) is 6.07 Å². The zero-order chi connectivity index (χ0) is 16.0. The Bertz CT molecular complexity index is 490. The summed E-state index contributed by atoms with van der Waals surface area (Å²) in [6.45, 7) is 4.32. The second-order valence-electron chi connectivity index (χ2n) is 6.32. The number of likely N-dealkylation sites (tertiary alicyclic amines) is 1. The predicted octanol–water partition coefficient (Wildman–Crippen LogP) is 1.57. The number of hydrogen-bond acceptors (Lipinski definition) is 4. The van der Waals surface area contributed by atoms with Crippen LogP contribution < -0.4 is 5.32 Å². The van der Waals surface area contributed by atoms with Gasteiger partial charge in [-0.1, -0.05) is 30.3 Å². The highest BCUT2D eigenvalue weighted by Gasteiger charge is 2.39. The van der Waals surface area contributed by atoms with Crippen LogP contribution in [0.1, 0.15) is 24.8 Å². The highest BCUT2D eigenvalue weighted by atomic mass is 16.7. The maximum absolute atomic E-state index is 12.0. The molecule has 1 aromatic carbocycles. The lowest BCUT2D eigenvalue weighted by Gasteiger charge is -2.37. The van der Waals surface area contributed by atoms with Crippen LogP contribution >= 0.6 is 0 Å². The Balaban J connectivity index is 1.29. The molecule has 23 heavy (non-hydrogen) atoms. The molecule has 0 unspecified atom stereocenters. The molecule has 2 aliphatic heterocycles. The van der Waals surface area contributed by atoms with E-state index in [1.54, 1.807) is 0 Å². The standard InChI is InChI=1S/C18H26N2O3/c21-17(19-10-4-7-16-5-2-1-3-6-16)15-20-11-8-18(9-12-20)22-13-14-23-18/h1-3,5-6H,4,7-15H2,(H,19,21). The molecule has 0 radical (unpaired) electrons. The number of piperidine rings is 1. The molecule has 1 aromatic rings. The summed E-state index contributed by atoms with van der Waals surface area (Å²) < 4.78 is 11.4. The van der Waals surface area contributed by atoms with Crippen LogP contribution in [0.15, 0.2) is 30.3 Å². The molecule has 1 N–H and O–H groups in total. The minimum atomic E-state index is -0.358. The first-order valence-corrected chi connectivity index (χ1v) is 8.57. The first-order valence-electron chi connectivity index (χ1n) is 8.57. The third kappa shape index (κ3) is 4.77. The average Bonchev–Trinajstić information content (AvgIpc) is 3.03. The fourth-order valence-electron chi connectivity index (χ4n) is 3.26. The third-order valence-corrected chi connectivity index (χ3v) is 4.61. The SMILES string of the molecule is O=C(CN1CCC2(CC1)OCCO2)NCCCc1ccccc1. The molecule has 0 atom stereocenters. The van der Waals surface area contributed by atoms with Crippen molar-refractivity contribution in [2.24, 2.45) is 0 Å². The van der Waals surface area contributed by atoms with Gasteiger partial charge < -0.3 is 14.8 Å². The number of carbonyl (C=O) groups excluding carboxylic acids is 1. The second kappa shape index (κ2) is 7.90. The Labute approximate surface area is 137 Å². The predicted molar refractivity (Wildman–Crippen MR) is 88.1 cm³/mol. The number of nitrogens with zero attached hydrogens (tertiary/aromatic N) is 1. The molecule has 3 rings (SSSR count). The van der Waals surface area contributed by atoms with E-state index >= 15 is 0 Å². The van der Waals surface area contributed by atoms with Crippen LogP contribution in [0.3, 0.4) is 0 Å².